The van der Waals surface area contributed by atoms with Crippen LogP contribution in [0.4, 0.5) is 8.78 Å². The summed E-state index contributed by atoms with van der Waals surface area (Å²) in [5.41, 5.74) is 2.81. The summed E-state index contributed by atoms with van der Waals surface area (Å²) in [4.78, 5) is 15.6. The summed E-state index contributed by atoms with van der Waals surface area (Å²) in [6.45, 7) is 3.65. The first-order valence-electron chi connectivity index (χ1n) is 7.88. The van der Waals surface area contributed by atoms with Gasteiger partial charge < -0.3 is 9.26 Å². The molecule has 0 spiro atoms. The summed E-state index contributed by atoms with van der Waals surface area (Å²) in [7, 11) is 0. The van der Waals surface area contributed by atoms with Crippen LogP contribution in [0.3, 0.4) is 0 Å². The largest absolute Gasteiger partial charge is 0.463 e. The van der Waals surface area contributed by atoms with Crippen molar-refractivity contribution >= 4 is 5.97 Å². The van der Waals surface area contributed by atoms with Crippen molar-refractivity contribution in [1.82, 2.24) is 10.1 Å². The first-order chi connectivity index (χ1) is 11.4. The second kappa shape index (κ2) is 6.67. The molecule has 0 saturated carbocycles. The third-order valence-corrected chi connectivity index (χ3v) is 4.01. The van der Waals surface area contributed by atoms with Crippen molar-refractivity contribution in [3.05, 3.63) is 35.2 Å². The molecule has 0 fully saturated rings. The van der Waals surface area contributed by atoms with Crippen molar-refractivity contribution in [1.29, 1.82) is 0 Å². The number of halogens is 2. The van der Waals surface area contributed by atoms with Crippen molar-refractivity contribution in [3.8, 4) is 11.4 Å². The van der Waals surface area contributed by atoms with Gasteiger partial charge in [0, 0.05) is 5.56 Å². The zero-order valence-electron chi connectivity index (χ0n) is 13.5. The van der Waals surface area contributed by atoms with Gasteiger partial charge in [-0.05, 0) is 49.8 Å². The predicted molar refractivity (Wildman–Crippen MR) is 81.6 cm³/mol. The summed E-state index contributed by atoms with van der Waals surface area (Å²) >= 11 is 0. The number of rotatable bonds is 5. The molecule has 1 aromatic heterocycles. The van der Waals surface area contributed by atoms with E-state index < -0.39 is 12.3 Å². The molecule has 1 aromatic carbocycles. The molecule has 0 amide bonds. The molecule has 5 nitrogen and oxygen atoms in total. The first kappa shape index (κ1) is 16.5. The molecule has 1 atom stereocenters. The predicted octanol–water partition coefficient (Wildman–Crippen LogP) is 4.05. The van der Waals surface area contributed by atoms with E-state index in [4.69, 9.17) is 4.74 Å². The van der Waals surface area contributed by atoms with E-state index >= 15 is 0 Å². The van der Waals surface area contributed by atoms with E-state index in [9.17, 15) is 13.6 Å². The van der Waals surface area contributed by atoms with Crippen LogP contribution in [0.2, 0.25) is 0 Å². The number of alkyl halides is 2. The van der Waals surface area contributed by atoms with Gasteiger partial charge in [-0.3, -0.25) is 4.79 Å². The highest BCUT2D eigenvalue weighted by Gasteiger charge is 2.26. The molecule has 128 valence electrons. The van der Waals surface area contributed by atoms with Crippen LogP contribution >= 0.6 is 0 Å². The normalized spacial score (nSPS) is 16.7. The maximum absolute atomic E-state index is 12.5. The van der Waals surface area contributed by atoms with E-state index in [0.717, 1.165) is 24.0 Å². The smallest absolute Gasteiger partial charge is 0.315 e. The lowest BCUT2D eigenvalue weighted by atomic mass is 9.97. The molecule has 0 unspecified atom stereocenters. The average molecular weight is 336 g/mol. The van der Waals surface area contributed by atoms with E-state index in [2.05, 4.69) is 14.7 Å². The molecule has 3 rings (SSSR count). The number of aromatic nitrogens is 2. The number of nitrogens with zero attached hydrogens (tertiary/aromatic N) is 2. The van der Waals surface area contributed by atoms with Gasteiger partial charge in [0.05, 0.1) is 12.5 Å². The Morgan fingerprint density at radius 3 is 2.88 bits per heavy atom. The number of esters is 1. The minimum atomic E-state index is -2.78. The molecule has 0 saturated heterocycles. The lowest BCUT2D eigenvalue weighted by molar-refractivity contribution is -0.147. The highest BCUT2D eigenvalue weighted by molar-refractivity contribution is 5.71. The Hall–Kier alpha value is -2.31. The molecule has 0 bridgehead atoms. The number of carbonyl (C=O) groups excluding carboxylic acids is 1. The van der Waals surface area contributed by atoms with Crippen molar-refractivity contribution in [2.75, 3.05) is 0 Å². The zero-order valence-corrected chi connectivity index (χ0v) is 13.5. The third-order valence-electron chi connectivity index (χ3n) is 4.01. The van der Waals surface area contributed by atoms with Crippen molar-refractivity contribution < 1.29 is 22.8 Å². The fraction of sp³-hybridized carbons (Fsp3) is 0.471. The molecule has 24 heavy (non-hydrogen) atoms. The SMILES string of the molecule is CC(C)OC(=O)C[C@@H]1CCc2cc(-c3noc(C(F)F)n3)ccc21. The van der Waals surface area contributed by atoms with Crippen molar-refractivity contribution in [3.63, 3.8) is 0 Å². The van der Waals surface area contributed by atoms with Crippen LogP contribution in [-0.4, -0.2) is 22.2 Å². The summed E-state index contributed by atoms with van der Waals surface area (Å²) in [6.07, 6.45) is -0.870. The lowest BCUT2D eigenvalue weighted by Crippen LogP contribution is -2.13. The Morgan fingerprint density at radius 1 is 1.42 bits per heavy atom. The third kappa shape index (κ3) is 3.44. The van der Waals surface area contributed by atoms with E-state index in [1.807, 2.05) is 26.0 Å². The van der Waals surface area contributed by atoms with Crippen LogP contribution in [0.1, 0.15) is 56.1 Å². The molecule has 2 aromatic rings. The van der Waals surface area contributed by atoms with Gasteiger partial charge in [-0.25, -0.2) is 0 Å². The average Bonchev–Trinajstić information content (AvgIpc) is 3.13. The lowest BCUT2D eigenvalue weighted by Gasteiger charge is -2.13. The molecule has 0 aliphatic heterocycles. The van der Waals surface area contributed by atoms with Crippen LogP contribution < -0.4 is 0 Å². The molecule has 1 aliphatic carbocycles. The second-order valence-corrected chi connectivity index (χ2v) is 6.15. The summed E-state index contributed by atoms with van der Waals surface area (Å²) in [6, 6.07) is 5.55. The monoisotopic (exact) mass is 336 g/mol. The number of fused-ring (bicyclic) bond motifs is 1. The van der Waals surface area contributed by atoms with Crippen LogP contribution in [0.25, 0.3) is 11.4 Å². The zero-order chi connectivity index (χ0) is 17.3. The van der Waals surface area contributed by atoms with Gasteiger partial charge in [-0.2, -0.15) is 13.8 Å². The van der Waals surface area contributed by atoms with Gasteiger partial charge >= 0.3 is 12.4 Å². The Morgan fingerprint density at radius 2 is 2.21 bits per heavy atom. The summed E-state index contributed by atoms with van der Waals surface area (Å²) < 4.78 is 34.8. The van der Waals surface area contributed by atoms with E-state index in [1.54, 1.807) is 6.07 Å². The van der Waals surface area contributed by atoms with Gasteiger partial charge in [0.25, 0.3) is 5.89 Å². The van der Waals surface area contributed by atoms with Gasteiger partial charge in [0.1, 0.15) is 0 Å². The van der Waals surface area contributed by atoms with Crippen LogP contribution in [0.5, 0.6) is 0 Å². The topological polar surface area (TPSA) is 65.2 Å². The molecule has 1 aliphatic rings. The highest BCUT2D eigenvalue weighted by atomic mass is 19.3. The number of benzene rings is 1. The van der Waals surface area contributed by atoms with E-state index in [-0.39, 0.29) is 23.8 Å². The maximum atomic E-state index is 12.5. The van der Waals surface area contributed by atoms with Crippen LogP contribution in [0, 0.1) is 0 Å². The molecular weight excluding hydrogens is 318 g/mol. The Kier molecular flexibility index (Phi) is 4.59. The number of hydrogen-bond acceptors (Lipinski definition) is 5. The molecular formula is C17H18F2N2O3. The van der Waals surface area contributed by atoms with Gasteiger partial charge in [-0.15, -0.1) is 0 Å². The standard InChI is InChI=1S/C17H18F2N2O3/c1-9(2)23-14(22)8-11-4-3-10-7-12(5-6-13(10)11)16-20-17(15(18)19)24-21-16/h5-7,9,11,15H,3-4,8H2,1-2H3/t11-/m0/s1. The van der Waals surface area contributed by atoms with Gasteiger partial charge in [0.2, 0.25) is 5.82 Å². The van der Waals surface area contributed by atoms with E-state index in [1.165, 1.54) is 0 Å². The number of ether oxygens (including phenoxy) is 1. The maximum Gasteiger partial charge on any atom is 0.315 e. The van der Waals surface area contributed by atoms with E-state index in [0.29, 0.717) is 12.0 Å². The number of carbonyl (C=O) groups is 1. The fourth-order valence-electron chi connectivity index (χ4n) is 3.01. The minimum absolute atomic E-state index is 0.122. The van der Waals surface area contributed by atoms with Crippen molar-refractivity contribution in [2.24, 2.45) is 0 Å². The second-order valence-electron chi connectivity index (χ2n) is 6.15. The molecule has 0 radical (unpaired) electrons. The molecule has 0 N–H and O–H groups in total. The van der Waals surface area contributed by atoms with Crippen LogP contribution in [0.15, 0.2) is 22.7 Å². The van der Waals surface area contributed by atoms with Gasteiger partial charge in [-0.1, -0.05) is 17.3 Å². The fourth-order valence-corrected chi connectivity index (χ4v) is 3.01. The molecule has 7 heteroatoms. The first-order valence-corrected chi connectivity index (χ1v) is 7.88. The highest BCUT2D eigenvalue weighted by Crippen LogP contribution is 2.37. The summed E-state index contributed by atoms with van der Waals surface area (Å²) in [5.74, 6) is -0.607. The minimum Gasteiger partial charge on any atom is -0.463 e. The van der Waals surface area contributed by atoms with Crippen LogP contribution in [-0.2, 0) is 16.0 Å². The Labute approximate surface area is 138 Å². The molecule has 1 heterocycles. The Balaban J connectivity index is 1.76. The quantitative estimate of drug-likeness (QED) is 0.771. The van der Waals surface area contributed by atoms with Gasteiger partial charge in [0.15, 0.2) is 0 Å². The Bertz CT molecular complexity index is 743. The number of aryl methyl sites for hydroxylation is 1. The summed E-state index contributed by atoms with van der Waals surface area (Å²) in [5, 5.41) is 3.59. The van der Waals surface area contributed by atoms with Crippen molar-refractivity contribution in [2.45, 2.75) is 51.6 Å². The number of hydrogen-bond donors (Lipinski definition) is 0.